The van der Waals surface area contributed by atoms with Crippen LogP contribution in [0.1, 0.15) is 42.0 Å². The number of ketones is 1. The lowest BCUT2D eigenvalue weighted by molar-refractivity contribution is -0.117. The second kappa shape index (κ2) is 14.6. The van der Waals surface area contributed by atoms with E-state index in [2.05, 4.69) is 11.4 Å². The monoisotopic (exact) mass is 596 g/mol. The summed E-state index contributed by atoms with van der Waals surface area (Å²) in [7, 11) is 0. The molecule has 0 amide bonds. The molecule has 0 spiro atoms. The molecule has 0 atom stereocenters. The molecule has 1 N–H and O–H groups in total. The molecule has 4 aromatic carbocycles. The van der Waals surface area contributed by atoms with Gasteiger partial charge in [-0.25, -0.2) is 0 Å². The molecule has 0 fully saturated rings. The molecule has 43 heavy (non-hydrogen) atoms. The third kappa shape index (κ3) is 8.07. The number of rotatable bonds is 13. The summed E-state index contributed by atoms with van der Waals surface area (Å²) < 4.78 is 23.8. The van der Waals surface area contributed by atoms with Gasteiger partial charge in [0.05, 0.1) is 16.7 Å². The Morgan fingerprint density at radius 2 is 1.77 bits per heavy atom. The number of hydrogen-bond acceptors (Lipinski definition) is 7. The normalized spacial score (nSPS) is 11.9. The molecule has 1 aliphatic rings. The molecular formula is C35H33ClN2O5. The lowest BCUT2D eigenvalue weighted by Crippen LogP contribution is -2.16. The summed E-state index contributed by atoms with van der Waals surface area (Å²) in [6.45, 7) is 4.54. The first kappa shape index (κ1) is 30.0. The highest BCUT2D eigenvalue weighted by atomic mass is 35.5. The van der Waals surface area contributed by atoms with Crippen LogP contribution in [0.3, 0.4) is 0 Å². The summed E-state index contributed by atoms with van der Waals surface area (Å²) in [5.41, 5.74) is 5.11. The molecule has 0 saturated carbocycles. The number of nitriles is 1. The van der Waals surface area contributed by atoms with E-state index in [9.17, 15) is 10.1 Å². The van der Waals surface area contributed by atoms with Gasteiger partial charge in [-0.1, -0.05) is 54.1 Å². The highest BCUT2D eigenvalue weighted by Gasteiger charge is 2.16. The summed E-state index contributed by atoms with van der Waals surface area (Å²) in [6, 6.07) is 27.0. The smallest absolute Gasteiger partial charge is 0.161 e. The molecule has 7 nitrogen and oxygen atoms in total. The number of nitrogens with zero attached hydrogens (tertiary/aromatic N) is 1. The van der Waals surface area contributed by atoms with Gasteiger partial charge in [-0.15, -0.1) is 0 Å². The third-order valence-corrected chi connectivity index (χ3v) is 7.46. The van der Waals surface area contributed by atoms with E-state index in [-0.39, 0.29) is 12.4 Å². The average Bonchev–Trinajstić information content (AvgIpc) is 3.03. The van der Waals surface area contributed by atoms with Gasteiger partial charge in [-0.3, -0.25) is 0 Å². The molecule has 5 rings (SSSR count). The first-order chi connectivity index (χ1) is 21.0. The van der Waals surface area contributed by atoms with Crippen LogP contribution in [0.25, 0.3) is 11.1 Å². The second-order valence-electron chi connectivity index (χ2n) is 10.3. The van der Waals surface area contributed by atoms with E-state index < -0.39 is 0 Å². The number of hydrogen-bond donors (Lipinski definition) is 1. The van der Waals surface area contributed by atoms with Crippen molar-refractivity contribution in [2.24, 2.45) is 0 Å². The van der Waals surface area contributed by atoms with Gasteiger partial charge in [0, 0.05) is 35.7 Å². The fourth-order valence-electron chi connectivity index (χ4n) is 4.77. The first-order valence-electron chi connectivity index (χ1n) is 14.3. The minimum absolute atomic E-state index is 0.184. The Balaban J connectivity index is 1.30. The number of carbonyl (C=O) groups excluding carboxylic acids is 1. The zero-order valence-electron chi connectivity index (χ0n) is 24.0. The van der Waals surface area contributed by atoms with Crippen LogP contribution in [0.5, 0.6) is 23.0 Å². The Bertz CT molecular complexity index is 1630. The van der Waals surface area contributed by atoms with Crippen molar-refractivity contribution in [1.29, 1.82) is 5.26 Å². The molecule has 8 heteroatoms. The van der Waals surface area contributed by atoms with Gasteiger partial charge < -0.3 is 29.1 Å². The molecule has 0 aromatic heterocycles. The van der Waals surface area contributed by atoms with Crippen molar-refractivity contribution in [1.82, 2.24) is 5.32 Å². The van der Waals surface area contributed by atoms with Gasteiger partial charge in [-0.2, -0.15) is 5.26 Å². The molecule has 0 bridgehead atoms. The number of halogens is 1. The number of benzene rings is 4. The number of Topliss-reactive ketones (excluding diaryl/α,β-unsaturated/α-hetero) is 1. The van der Waals surface area contributed by atoms with Crippen LogP contribution in [-0.2, 0) is 24.6 Å². The number of fused-ring (bicyclic) bond motifs is 1. The van der Waals surface area contributed by atoms with Crippen molar-refractivity contribution in [3.8, 4) is 40.2 Å². The van der Waals surface area contributed by atoms with E-state index in [1.165, 1.54) is 0 Å². The zero-order valence-corrected chi connectivity index (χ0v) is 24.8. The van der Waals surface area contributed by atoms with Gasteiger partial charge in [0.2, 0.25) is 0 Å². The van der Waals surface area contributed by atoms with Crippen molar-refractivity contribution in [3.05, 3.63) is 106 Å². The maximum absolute atomic E-state index is 11.3. The van der Waals surface area contributed by atoms with E-state index in [1.807, 2.05) is 72.8 Å². The van der Waals surface area contributed by atoms with Crippen molar-refractivity contribution in [3.63, 3.8) is 0 Å². The van der Waals surface area contributed by atoms with E-state index in [0.717, 1.165) is 46.5 Å². The highest BCUT2D eigenvalue weighted by molar-refractivity contribution is 6.34. The van der Waals surface area contributed by atoms with Crippen LogP contribution in [0, 0.1) is 11.3 Å². The summed E-state index contributed by atoms with van der Waals surface area (Å²) in [6.07, 6.45) is 1.33. The van der Waals surface area contributed by atoms with Gasteiger partial charge >= 0.3 is 0 Å². The minimum atomic E-state index is 0.184. The minimum Gasteiger partial charge on any atom is -0.489 e. The molecule has 220 valence electrons. The highest BCUT2D eigenvalue weighted by Crippen LogP contribution is 2.38. The van der Waals surface area contributed by atoms with Gasteiger partial charge in [0.25, 0.3) is 0 Å². The molecule has 1 aliphatic heterocycles. The van der Waals surface area contributed by atoms with Crippen LogP contribution < -0.4 is 24.3 Å². The third-order valence-electron chi connectivity index (χ3n) is 7.01. The molecule has 4 aromatic rings. The summed E-state index contributed by atoms with van der Waals surface area (Å²) in [5.74, 6) is 2.94. The lowest BCUT2D eigenvalue weighted by Gasteiger charge is -2.19. The standard InChI is InChI=1S/C35H33ClN2O5/c1-24(39)5-4-14-38-21-28-10-12-30(19-33(28)43-22-26-7-2-6-25(17-26)20-37)42-23-29-8-3-9-31(35(29)36)27-11-13-32-34(18-27)41-16-15-40-32/h2-3,6-13,17-19,38H,4-5,14-16,21-23H2,1H3. The van der Waals surface area contributed by atoms with E-state index in [1.54, 1.807) is 13.0 Å². The number of carbonyl (C=O) groups is 1. The van der Waals surface area contributed by atoms with Crippen molar-refractivity contribution < 1.29 is 23.7 Å². The Labute approximate surface area is 256 Å². The lowest BCUT2D eigenvalue weighted by atomic mass is 10.0. The molecule has 0 saturated heterocycles. The fraction of sp³-hybridized carbons (Fsp3) is 0.257. The molecular weight excluding hydrogens is 564 g/mol. The predicted octanol–water partition coefficient (Wildman–Crippen LogP) is 7.27. The van der Waals surface area contributed by atoms with Crippen LogP contribution in [0.2, 0.25) is 5.02 Å². The molecule has 0 unspecified atom stereocenters. The SMILES string of the molecule is CC(=O)CCCNCc1ccc(OCc2cccc(-c3ccc4c(c3)OCCO4)c2Cl)cc1OCc1cccc(C#N)c1. The van der Waals surface area contributed by atoms with Crippen molar-refractivity contribution in [2.75, 3.05) is 19.8 Å². The fourth-order valence-corrected chi connectivity index (χ4v) is 5.06. The van der Waals surface area contributed by atoms with Crippen LogP contribution in [0.4, 0.5) is 0 Å². The first-order valence-corrected chi connectivity index (χ1v) is 14.6. The Hall–Kier alpha value is -4.51. The molecule has 0 aliphatic carbocycles. The van der Waals surface area contributed by atoms with Crippen molar-refractivity contribution in [2.45, 2.75) is 39.5 Å². The number of nitrogens with one attached hydrogen (secondary N) is 1. The number of ether oxygens (including phenoxy) is 4. The van der Waals surface area contributed by atoms with Crippen LogP contribution in [-0.4, -0.2) is 25.5 Å². The van der Waals surface area contributed by atoms with Gasteiger partial charge in [0.1, 0.15) is 43.7 Å². The van der Waals surface area contributed by atoms with E-state index in [4.69, 9.17) is 30.5 Å². The quantitative estimate of drug-likeness (QED) is 0.162. The van der Waals surface area contributed by atoms with Crippen LogP contribution in [0.15, 0.2) is 78.9 Å². The predicted molar refractivity (Wildman–Crippen MR) is 166 cm³/mol. The van der Waals surface area contributed by atoms with Gasteiger partial charge in [-0.05, 0) is 61.3 Å². The summed E-state index contributed by atoms with van der Waals surface area (Å²) in [5, 5.41) is 13.2. The van der Waals surface area contributed by atoms with Crippen LogP contribution >= 0.6 is 11.6 Å². The maximum atomic E-state index is 11.3. The Kier molecular flexibility index (Phi) is 10.2. The average molecular weight is 597 g/mol. The summed E-state index contributed by atoms with van der Waals surface area (Å²) in [4.78, 5) is 11.3. The van der Waals surface area contributed by atoms with Gasteiger partial charge in [0.15, 0.2) is 11.5 Å². The Morgan fingerprint density at radius 3 is 2.60 bits per heavy atom. The summed E-state index contributed by atoms with van der Waals surface area (Å²) >= 11 is 6.86. The zero-order chi connectivity index (χ0) is 30.0. The second-order valence-corrected chi connectivity index (χ2v) is 10.7. The Morgan fingerprint density at radius 1 is 0.930 bits per heavy atom. The maximum Gasteiger partial charge on any atom is 0.161 e. The van der Waals surface area contributed by atoms with E-state index >= 15 is 0 Å². The molecule has 1 heterocycles. The largest absolute Gasteiger partial charge is 0.489 e. The topological polar surface area (TPSA) is 89.8 Å². The van der Waals surface area contributed by atoms with Crippen molar-refractivity contribution >= 4 is 17.4 Å². The molecule has 0 radical (unpaired) electrons. The van der Waals surface area contributed by atoms with E-state index in [0.29, 0.717) is 60.6 Å².